The number of urea groups is 1. The van der Waals surface area contributed by atoms with Crippen LogP contribution < -0.4 is 15.5 Å². The zero-order valence-electron chi connectivity index (χ0n) is 13.1. The first-order valence-corrected chi connectivity index (χ1v) is 8.02. The maximum Gasteiger partial charge on any atom is 0.319 e. The first-order valence-electron chi connectivity index (χ1n) is 7.65. The first-order chi connectivity index (χ1) is 10.5. The van der Waals surface area contributed by atoms with Gasteiger partial charge in [0, 0.05) is 32.4 Å². The average molecular weight is 326 g/mol. The van der Waals surface area contributed by atoms with E-state index in [1.54, 1.807) is 6.07 Å². The van der Waals surface area contributed by atoms with Crippen molar-refractivity contribution in [2.24, 2.45) is 5.92 Å². The summed E-state index contributed by atoms with van der Waals surface area (Å²) in [5, 5.41) is 15.5. The molecule has 3 N–H and O–H groups in total. The van der Waals surface area contributed by atoms with E-state index in [1.807, 2.05) is 31.1 Å². The second-order valence-electron chi connectivity index (χ2n) is 6.06. The van der Waals surface area contributed by atoms with E-state index in [2.05, 4.69) is 10.6 Å². The van der Waals surface area contributed by atoms with Crippen LogP contribution in [0, 0.1) is 5.92 Å². The Balaban J connectivity index is 1.86. The van der Waals surface area contributed by atoms with Crippen molar-refractivity contribution < 1.29 is 9.90 Å². The minimum atomic E-state index is -0.207. The minimum Gasteiger partial charge on any atom is -0.396 e. The van der Waals surface area contributed by atoms with Gasteiger partial charge in [-0.25, -0.2) is 4.79 Å². The molecule has 0 heterocycles. The number of benzene rings is 1. The van der Waals surface area contributed by atoms with Crippen molar-refractivity contribution in [2.75, 3.05) is 30.9 Å². The minimum absolute atomic E-state index is 0.180. The Hall–Kier alpha value is -1.46. The van der Waals surface area contributed by atoms with Crippen LogP contribution >= 0.6 is 11.6 Å². The van der Waals surface area contributed by atoms with E-state index >= 15 is 0 Å². The summed E-state index contributed by atoms with van der Waals surface area (Å²) in [5.41, 5.74) is 1.59. The standard InChI is InChI=1S/C16H24ClN3O2/c1-20(2)15-8-7-13(9-14(15)17)19-16(22)18-12-5-3-11(10-21)4-6-12/h7-9,11-12,21H,3-6,10H2,1-2H3,(H2,18,19,22). The van der Waals surface area contributed by atoms with E-state index < -0.39 is 0 Å². The molecule has 5 nitrogen and oxygen atoms in total. The quantitative estimate of drug-likeness (QED) is 0.797. The molecule has 1 saturated carbocycles. The number of carbonyl (C=O) groups is 1. The molecule has 0 atom stereocenters. The summed E-state index contributed by atoms with van der Waals surface area (Å²) in [7, 11) is 3.84. The summed E-state index contributed by atoms with van der Waals surface area (Å²) in [6, 6.07) is 5.44. The summed E-state index contributed by atoms with van der Waals surface area (Å²) >= 11 is 6.19. The fourth-order valence-electron chi connectivity index (χ4n) is 2.79. The van der Waals surface area contributed by atoms with Crippen LogP contribution in [0.3, 0.4) is 0 Å². The summed E-state index contributed by atoms with van der Waals surface area (Å²) in [6.45, 7) is 0.246. The van der Waals surface area contributed by atoms with Gasteiger partial charge in [0.1, 0.15) is 0 Å². The van der Waals surface area contributed by atoms with Gasteiger partial charge in [-0.2, -0.15) is 0 Å². The van der Waals surface area contributed by atoms with Gasteiger partial charge >= 0.3 is 6.03 Å². The van der Waals surface area contributed by atoms with E-state index in [0.29, 0.717) is 16.6 Å². The molecule has 2 rings (SSSR count). The molecule has 1 aromatic rings. The number of hydrogen-bond donors (Lipinski definition) is 3. The number of carbonyl (C=O) groups excluding carboxylic acids is 1. The van der Waals surface area contributed by atoms with Crippen molar-refractivity contribution in [2.45, 2.75) is 31.7 Å². The molecule has 1 aromatic carbocycles. The average Bonchev–Trinajstić information content (AvgIpc) is 2.47. The highest BCUT2D eigenvalue weighted by Crippen LogP contribution is 2.27. The number of aliphatic hydroxyl groups excluding tert-OH is 1. The third-order valence-electron chi connectivity index (χ3n) is 4.13. The van der Waals surface area contributed by atoms with Gasteiger partial charge in [-0.1, -0.05) is 11.6 Å². The van der Waals surface area contributed by atoms with Gasteiger partial charge in [-0.15, -0.1) is 0 Å². The molecule has 0 aliphatic heterocycles. The molecule has 0 aromatic heterocycles. The lowest BCUT2D eigenvalue weighted by Gasteiger charge is -2.28. The zero-order valence-corrected chi connectivity index (χ0v) is 13.9. The van der Waals surface area contributed by atoms with Crippen LogP contribution in [-0.4, -0.2) is 37.9 Å². The number of anilines is 2. The molecule has 0 radical (unpaired) electrons. The molecule has 2 amide bonds. The van der Waals surface area contributed by atoms with Crippen LogP contribution in [0.1, 0.15) is 25.7 Å². The molecular formula is C16H24ClN3O2. The molecule has 1 aliphatic rings. The summed E-state index contributed by atoms with van der Waals surface area (Å²) < 4.78 is 0. The maximum absolute atomic E-state index is 12.0. The van der Waals surface area contributed by atoms with E-state index in [0.717, 1.165) is 31.4 Å². The summed E-state index contributed by atoms with van der Waals surface area (Å²) in [5.74, 6) is 0.387. The zero-order chi connectivity index (χ0) is 16.1. The monoisotopic (exact) mass is 325 g/mol. The Bertz CT molecular complexity index is 514. The SMILES string of the molecule is CN(C)c1ccc(NC(=O)NC2CCC(CO)CC2)cc1Cl. The van der Waals surface area contributed by atoms with Crippen LogP contribution in [0.2, 0.25) is 5.02 Å². The smallest absolute Gasteiger partial charge is 0.319 e. The van der Waals surface area contributed by atoms with E-state index in [1.165, 1.54) is 0 Å². The normalized spacial score (nSPS) is 21.3. The highest BCUT2D eigenvalue weighted by molar-refractivity contribution is 6.33. The van der Waals surface area contributed by atoms with Crippen LogP contribution in [-0.2, 0) is 0 Å². The number of nitrogens with zero attached hydrogens (tertiary/aromatic N) is 1. The highest BCUT2D eigenvalue weighted by atomic mass is 35.5. The van der Waals surface area contributed by atoms with Crippen molar-refractivity contribution in [1.82, 2.24) is 5.32 Å². The summed E-state index contributed by atoms with van der Waals surface area (Å²) in [6.07, 6.45) is 3.76. The predicted molar refractivity (Wildman–Crippen MR) is 90.8 cm³/mol. The third-order valence-corrected chi connectivity index (χ3v) is 4.43. The van der Waals surface area contributed by atoms with Gasteiger partial charge in [0.15, 0.2) is 0 Å². The Labute approximate surface area is 136 Å². The van der Waals surface area contributed by atoms with Gasteiger partial charge in [0.05, 0.1) is 10.7 Å². The third kappa shape index (κ3) is 4.52. The van der Waals surface area contributed by atoms with Crippen molar-refractivity contribution in [1.29, 1.82) is 0 Å². The number of amides is 2. The van der Waals surface area contributed by atoms with Gasteiger partial charge in [0.25, 0.3) is 0 Å². The Morgan fingerprint density at radius 3 is 2.55 bits per heavy atom. The Kier molecular flexibility index (Phi) is 5.91. The number of hydrogen-bond acceptors (Lipinski definition) is 3. The molecule has 22 heavy (non-hydrogen) atoms. The van der Waals surface area contributed by atoms with E-state index in [-0.39, 0.29) is 18.7 Å². The van der Waals surface area contributed by atoms with Gasteiger partial charge in [-0.3, -0.25) is 0 Å². The lowest BCUT2D eigenvalue weighted by atomic mass is 9.87. The molecular weight excluding hydrogens is 302 g/mol. The van der Waals surface area contributed by atoms with Crippen LogP contribution in [0.25, 0.3) is 0 Å². The summed E-state index contributed by atoms with van der Waals surface area (Å²) in [4.78, 5) is 14.0. The lowest BCUT2D eigenvalue weighted by molar-refractivity contribution is 0.176. The maximum atomic E-state index is 12.0. The second kappa shape index (κ2) is 7.70. The van der Waals surface area contributed by atoms with Crippen LogP contribution in [0.4, 0.5) is 16.2 Å². The molecule has 1 fully saturated rings. The number of rotatable bonds is 4. The van der Waals surface area contributed by atoms with E-state index in [9.17, 15) is 4.79 Å². The number of halogens is 1. The predicted octanol–water partition coefficient (Wildman–Crippen LogP) is 3.08. The molecule has 0 spiro atoms. The second-order valence-corrected chi connectivity index (χ2v) is 6.47. The lowest BCUT2D eigenvalue weighted by Crippen LogP contribution is -2.40. The molecule has 122 valence electrons. The van der Waals surface area contributed by atoms with E-state index in [4.69, 9.17) is 16.7 Å². The number of nitrogens with one attached hydrogen (secondary N) is 2. The fraction of sp³-hybridized carbons (Fsp3) is 0.562. The molecule has 1 aliphatic carbocycles. The molecule has 0 unspecified atom stereocenters. The largest absolute Gasteiger partial charge is 0.396 e. The Morgan fingerprint density at radius 2 is 2.00 bits per heavy atom. The van der Waals surface area contributed by atoms with Gasteiger partial charge < -0.3 is 20.6 Å². The van der Waals surface area contributed by atoms with Crippen LogP contribution in [0.15, 0.2) is 18.2 Å². The Morgan fingerprint density at radius 1 is 1.32 bits per heavy atom. The highest BCUT2D eigenvalue weighted by Gasteiger charge is 2.21. The van der Waals surface area contributed by atoms with Crippen molar-refractivity contribution in [3.05, 3.63) is 23.2 Å². The number of aliphatic hydroxyl groups is 1. The van der Waals surface area contributed by atoms with Crippen molar-refractivity contribution in [3.8, 4) is 0 Å². The topological polar surface area (TPSA) is 64.6 Å². The van der Waals surface area contributed by atoms with Crippen molar-refractivity contribution >= 4 is 29.0 Å². The molecule has 6 heteroatoms. The molecule has 0 bridgehead atoms. The van der Waals surface area contributed by atoms with Gasteiger partial charge in [-0.05, 0) is 49.8 Å². The van der Waals surface area contributed by atoms with Crippen LogP contribution in [0.5, 0.6) is 0 Å². The first kappa shape index (κ1) is 16.9. The van der Waals surface area contributed by atoms with Gasteiger partial charge in [0.2, 0.25) is 0 Å². The molecule has 0 saturated heterocycles. The fourth-order valence-corrected chi connectivity index (χ4v) is 3.14. The van der Waals surface area contributed by atoms with Crippen molar-refractivity contribution in [3.63, 3.8) is 0 Å².